The Morgan fingerprint density at radius 1 is 1.57 bits per heavy atom. The van der Waals surface area contributed by atoms with Gasteiger partial charge in [0.25, 0.3) is 5.91 Å². The summed E-state index contributed by atoms with van der Waals surface area (Å²) in [6, 6.07) is 1.78. The number of aromatic nitrogens is 2. The molecule has 1 aliphatic heterocycles. The number of primary amides is 1. The molecule has 1 unspecified atom stereocenters. The molecule has 7 heteroatoms. The predicted octanol–water partition coefficient (Wildman–Crippen LogP) is -0.338. The number of piperidine rings is 1. The highest BCUT2D eigenvalue weighted by molar-refractivity contribution is 5.95. The van der Waals surface area contributed by atoms with Crippen LogP contribution in [0.25, 0.3) is 0 Å². The first kappa shape index (κ1) is 15.5. The molecule has 0 aliphatic carbocycles. The Bertz CT molecular complexity index is 519. The van der Waals surface area contributed by atoms with E-state index in [9.17, 15) is 9.59 Å². The van der Waals surface area contributed by atoms with Crippen LogP contribution in [0.3, 0.4) is 0 Å². The lowest BCUT2D eigenvalue weighted by molar-refractivity contribution is -0.119. The van der Waals surface area contributed by atoms with Crippen molar-refractivity contribution in [3.63, 3.8) is 0 Å². The van der Waals surface area contributed by atoms with E-state index < -0.39 is 5.91 Å². The van der Waals surface area contributed by atoms with Gasteiger partial charge in [0.05, 0.1) is 5.69 Å². The van der Waals surface area contributed by atoms with Gasteiger partial charge in [-0.25, -0.2) is 0 Å². The van der Waals surface area contributed by atoms with Gasteiger partial charge in [-0.3, -0.25) is 14.3 Å². The number of nitrogens with two attached hydrogens (primary N) is 1. The minimum absolute atomic E-state index is 0.00118. The SMILES string of the molecule is CCc1cc(C(=O)N(CC(N)=O)C2CCCNC2)n(C)n1. The standard InChI is InChI=1S/C14H23N5O2/c1-3-10-7-12(18(2)17-10)14(21)19(9-13(15)20)11-5-4-6-16-8-11/h7,11,16H,3-6,8-9H2,1-2H3,(H2,15,20). The average molecular weight is 293 g/mol. The third-order valence-corrected chi connectivity index (χ3v) is 3.81. The lowest BCUT2D eigenvalue weighted by Gasteiger charge is -2.33. The van der Waals surface area contributed by atoms with Crippen molar-refractivity contribution in [2.75, 3.05) is 19.6 Å². The topological polar surface area (TPSA) is 93.2 Å². The zero-order valence-corrected chi connectivity index (χ0v) is 12.6. The van der Waals surface area contributed by atoms with Crippen molar-refractivity contribution in [1.82, 2.24) is 20.0 Å². The van der Waals surface area contributed by atoms with Crippen LogP contribution in [0.2, 0.25) is 0 Å². The Hall–Kier alpha value is -1.89. The number of hydrogen-bond donors (Lipinski definition) is 2. The lowest BCUT2D eigenvalue weighted by atomic mass is 10.1. The zero-order valence-electron chi connectivity index (χ0n) is 12.6. The second-order valence-corrected chi connectivity index (χ2v) is 5.40. The van der Waals surface area contributed by atoms with Gasteiger partial charge >= 0.3 is 0 Å². The lowest BCUT2D eigenvalue weighted by Crippen LogP contribution is -2.51. The molecule has 1 aromatic rings. The number of carbonyl (C=O) groups excluding carboxylic acids is 2. The highest BCUT2D eigenvalue weighted by atomic mass is 16.2. The van der Waals surface area contributed by atoms with Crippen LogP contribution >= 0.6 is 0 Å². The molecule has 0 radical (unpaired) electrons. The molecular weight excluding hydrogens is 270 g/mol. The molecule has 0 saturated carbocycles. The number of aryl methyl sites for hydroxylation is 2. The van der Waals surface area contributed by atoms with Crippen LogP contribution in [0.1, 0.15) is 35.9 Å². The summed E-state index contributed by atoms with van der Waals surface area (Å²) in [5.74, 6) is -0.677. The molecule has 3 N–H and O–H groups in total. The summed E-state index contributed by atoms with van der Waals surface area (Å²) < 4.78 is 1.57. The molecule has 2 amide bonds. The van der Waals surface area contributed by atoms with Crippen LogP contribution in [0.15, 0.2) is 6.07 Å². The Labute approximate surface area is 124 Å². The van der Waals surface area contributed by atoms with Crippen molar-refractivity contribution in [2.24, 2.45) is 12.8 Å². The van der Waals surface area contributed by atoms with Crippen LogP contribution < -0.4 is 11.1 Å². The zero-order chi connectivity index (χ0) is 15.4. The van der Waals surface area contributed by atoms with E-state index in [-0.39, 0.29) is 18.5 Å². The maximum absolute atomic E-state index is 12.8. The Morgan fingerprint density at radius 3 is 2.86 bits per heavy atom. The maximum Gasteiger partial charge on any atom is 0.272 e. The van der Waals surface area contributed by atoms with Crippen molar-refractivity contribution in [3.05, 3.63) is 17.5 Å². The van der Waals surface area contributed by atoms with Gasteiger partial charge in [-0.2, -0.15) is 5.10 Å². The highest BCUT2D eigenvalue weighted by Gasteiger charge is 2.29. The third-order valence-electron chi connectivity index (χ3n) is 3.81. The van der Waals surface area contributed by atoms with Gasteiger partial charge in [-0.05, 0) is 31.9 Å². The van der Waals surface area contributed by atoms with Crippen LogP contribution in [0, 0.1) is 0 Å². The summed E-state index contributed by atoms with van der Waals surface area (Å²) in [5.41, 5.74) is 6.67. The molecule has 0 spiro atoms. The summed E-state index contributed by atoms with van der Waals surface area (Å²) in [6.45, 7) is 3.57. The number of hydrogen-bond acceptors (Lipinski definition) is 4. The highest BCUT2D eigenvalue weighted by Crippen LogP contribution is 2.15. The van der Waals surface area contributed by atoms with Gasteiger partial charge in [0.15, 0.2) is 0 Å². The van der Waals surface area contributed by atoms with Crippen molar-refractivity contribution < 1.29 is 9.59 Å². The summed E-state index contributed by atoms with van der Waals surface area (Å²) in [7, 11) is 1.74. The Balaban J connectivity index is 2.23. The van der Waals surface area contributed by atoms with Crippen LogP contribution in [-0.2, 0) is 18.3 Å². The first-order chi connectivity index (χ1) is 10.0. The smallest absolute Gasteiger partial charge is 0.272 e. The fourth-order valence-electron chi connectivity index (χ4n) is 2.68. The molecule has 1 fully saturated rings. The number of rotatable bonds is 5. The van der Waals surface area contributed by atoms with Crippen molar-refractivity contribution in [3.8, 4) is 0 Å². The van der Waals surface area contributed by atoms with E-state index in [1.54, 1.807) is 22.7 Å². The molecule has 1 aromatic heterocycles. The van der Waals surface area contributed by atoms with Gasteiger partial charge in [-0.1, -0.05) is 6.92 Å². The van der Waals surface area contributed by atoms with Gasteiger partial charge in [0.2, 0.25) is 5.91 Å². The quantitative estimate of drug-likeness (QED) is 0.777. The molecule has 116 valence electrons. The van der Waals surface area contributed by atoms with Crippen LogP contribution in [0.4, 0.5) is 0 Å². The van der Waals surface area contributed by atoms with Gasteiger partial charge in [0.1, 0.15) is 12.2 Å². The minimum atomic E-state index is -0.494. The van der Waals surface area contributed by atoms with Gasteiger partial charge in [0, 0.05) is 19.6 Å². The molecule has 2 rings (SSSR count). The van der Waals surface area contributed by atoms with Crippen molar-refractivity contribution >= 4 is 11.8 Å². The normalized spacial score (nSPS) is 18.5. The number of nitrogens with one attached hydrogen (secondary N) is 1. The second kappa shape index (κ2) is 6.71. The monoisotopic (exact) mass is 293 g/mol. The predicted molar refractivity (Wildman–Crippen MR) is 78.7 cm³/mol. The Morgan fingerprint density at radius 2 is 2.33 bits per heavy atom. The van der Waals surface area contributed by atoms with E-state index in [1.165, 1.54) is 0 Å². The molecule has 1 aliphatic rings. The second-order valence-electron chi connectivity index (χ2n) is 5.40. The summed E-state index contributed by atoms with van der Waals surface area (Å²) in [5, 5.41) is 7.55. The van der Waals surface area contributed by atoms with E-state index in [1.807, 2.05) is 6.92 Å². The maximum atomic E-state index is 12.8. The van der Waals surface area contributed by atoms with E-state index in [0.717, 1.165) is 31.5 Å². The van der Waals surface area contributed by atoms with E-state index in [2.05, 4.69) is 10.4 Å². The van der Waals surface area contributed by atoms with Crippen molar-refractivity contribution in [2.45, 2.75) is 32.2 Å². The molecular formula is C14H23N5O2. The van der Waals surface area contributed by atoms with Crippen LogP contribution in [0.5, 0.6) is 0 Å². The van der Waals surface area contributed by atoms with E-state index >= 15 is 0 Å². The van der Waals surface area contributed by atoms with Gasteiger partial charge in [-0.15, -0.1) is 0 Å². The van der Waals surface area contributed by atoms with Crippen molar-refractivity contribution in [1.29, 1.82) is 0 Å². The number of amides is 2. The molecule has 7 nitrogen and oxygen atoms in total. The van der Waals surface area contributed by atoms with Gasteiger partial charge < -0.3 is 16.0 Å². The fraction of sp³-hybridized carbons (Fsp3) is 0.643. The fourth-order valence-corrected chi connectivity index (χ4v) is 2.68. The summed E-state index contributed by atoms with van der Waals surface area (Å²) >= 11 is 0. The van der Waals surface area contributed by atoms with E-state index in [0.29, 0.717) is 12.2 Å². The van der Waals surface area contributed by atoms with Crippen LogP contribution in [-0.4, -0.2) is 52.2 Å². The Kier molecular flexibility index (Phi) is 4.95. The number of carbonyl (C=O) groups is 2. The average Bonchev–Trinajstić information content (AvgIpc) is 2.86. The number of nitrogens with zero attached hydrogens (tertiary/aromatic N) is 3. The largest absolute Gasteiger partial charge is 0.368 e. The molecule has 1 saturated heterocycles. The molecule has 0 bridgehead atoms. The first-order valence-corrected chi connectivity index (χ1v) is 7.35. The molecule has 2 heterocycles. The summed E-state index contributed by atoms with van der Waals surface area (Å²) in [4.78, 5) is 25.7. The molecule has 1 atom stereocenters. The molecule has 0 aromatic carbocycles. The third kappa shape index (κ3) is 3.60. The first-order valence-electron chi connectivity index (χ1n) is 7.35. The summed E-state index contributed by atoms with van der Waals surface area (Å²) in [6.07, 6.45) is 2.63. The molecule has 21 heavy (non-hydrogen) atoms. The van der Waals surface area contributed by atoms with E-state index in [4.69, 9.17) is 5.73 Å². The minimum Gasteiger partial charge on any atom is -0.368 e.